The first-order valence-corrected chi connectivity index (χ1v) is 7.47. The maximum Gasteiger partial charge on any atom is 0.277 e. The third kappa shape index (κ3) is 5.33. The minimum Gasteiger partial charge on any atom is -0.872 e. The second-order valence-electron chi connectivity index (χ2n) is 4.64. The second-order valence-corrected chi connectivity index (χ2v) is 5.48. The summed E-state index contributed by atoms with van der Waals surface area (Å²) in [5.74, 6) is -0.807. The zero-order valence-corrected chi connectivity index (χ0v) is 14.0. The van der Waals surface area contributed by atoms with E-state index in [2.05, 4.69) is 10.5 Å². The molecule has 0 unspecified atom stereocenters. The van der Waals surface area contributed by atoms with E-state index in [1.165, 1.54) is 12.1 Å². The molecule has 1 amide bonds. The fourth-order valence-corrected chi connectivity index (χ4v) is 2.16. The minimum absolute atomic E-state index is 0.0313. The van der Waals surface area contributed by atoms with Crippen molar-refractivity contribution in [1.29, 1.82) is 0 Å². The van der Waals surface area contributed by atoms with Crippen molar-refractivity contribution in [2.75, 3.05) is 6.61 Å². The van der Waals surface area contributed by atoms with Gasteiger partial charge in [-0.3, -0.25) is 14.9 Å². The first-order chi connectivity index (χ1) is 11.9. The van der Waals surface area contributed by atoms with Crippen LogP contribution in [0.25, 0.3) is 0 Å². The van der Waals surface area contributed by atoms with Crippen molar-refractivity contribution in [3.05, 3.63) is 62.1 Å². The largest absolute Gasteiger partial charge is 0.872 e. The van der Waals surface area contributed by atoms with Crippen LogP contribution in [0.4, 0.5) is 5.69 Å². The molecule has 0 aliphatic carbocycles. The lowest BCUT2D eigenvalue weighted by atomic mass is 10.2. The summed E-state index contributed by atoms with van der Waals surface area (Å²) < 4.78 is 5.20. The predicted molar refractivity (Wildman–Crippen MR) is 90.2 cm³/mol. The number of ether oxygens (including phenoxy) is 1. The maximum absolute atomic E-state index is 11.6. The number of nitrogens with zero attached hydrogens (tertiary/aromatic N) is 2. The van der Waals surface area contributed by atoms with Crippen molar-refractivity contribution < 1.29 is 19.6 Å². The van der Waals surface area contributed by atoms with E-state index >= 15 is 0 Å². The summed E-state index contributed by atoms with van der Waals surface area (Å²) in [7, 11) is 0. The van der Waals surface area contributed by atoms with Crippen LogP contribution in [0.3, 0.4) is 0 Å². The summed E-state index contributed by atoms with van der Waals surface area (Å²) in [4.78, 5) is 21.7. The Morgan fingerprint density at radius 3 is 2.72 bits per heavy atom. The zero-order valence-electron chi connectivity index (χ0n) is 12.4. The van der Waals surface area contributed by atoms with Gasteiger partial charge in [0.2, 0.25) is 0 Å². The lowest BCUT2D eigenvalue weighted by Crippen LogP contribution is -2.24. The van der Waals surface area contributed by atoms with Crippen LogP contribution in [0.1, 0.15) is 5.56 Å². The van der Waals surface area contributed by atoms with Crippen LogP contribution in [-0.2, 0) is 4.79 Å². The molecule has 2 rings (SSSR count). The summed E-state index contributed by atoms with van der Waals surface area (Å²) in [6.07, 6.45) is 1.02. The van der Waals surface area contributed by atoms with E-state index in [4.69, 9.17) is 27.9 Å². The maximum atomic E-state index is 11.6. The van der Waals surface area contributed by atoms with Gasteiger partial charge in [-0.25, -0.2) is 5.43 Å². The van der Waals surface area contributed by atoms with Crippen LogP contribution in [0, 0.1) is 10.1 Å². The average Bonchev–Trinajstić information content (AvgIpc) is 2.55. The van der Waals surface area contributed by atoms with Gasteiger partial charge in [0, 0.05) is 17.2 Å². The van der Waals surface area contributed by atoms with Crippen LogP contribution < -0.4 is 15.3 Å². The molecule has 130 valence electrons. The molecule has 0 saturated heterocycles. The summed E-state index contributed by atoms with van der Waals surface area (Å²) in [6, 6.07) is 7.72. The van der Waals surface area contributed by atoms with Gasteiger partial charge < -0.3 is 9.84 Å². The number of nitrogens with one attached hydrogen (secondary N) is 1. The number of amides is 1. The molecule has 0 bridgehead atoms. The summed E-state index contributed by atoms with van der Waals surface area (Å²) >= 11 is 11.6. The predicted octanol–water partition coefficient (Wildman–Crippen LogP) is 2.50. The Morgan fingerprint density at radius 1 is 1.28 bits per heavy atom. The van der Waals surface area contributed by atoms with E-state index in [-0.39, 0.29) is 28.6 Å². The monoisotopic (exact) mass is 382 g/mol. The lowest BCUT2D eigenvalue weighted by molar-refractivity contribution is -0.385. The van der Waals surface area contributed by atoms with Gasteiger partial charge in [-0.2, -0.15) is 5.10 Å². The normalized spacial score (nSPS) is 10.6. The van der Waals surface area contributed by atoms with E-state index in [1.54, 1.807) is 6.07 Å². The van der Waals surface area contributed by atoms with Crippen molar-refractivity contribution in [2.24, 2.45) is 5.10 Å². The Labute approximate surface area is 151 Å². The van der Waals surface area contributed by atoms with E-state index in [1.807, 2.05) is 0 Å². The smallest absolute Gasteiger partial charge is 0.277 e. The standard InChI is InChI=1S/C15H11Cl2N3O5/c16-10-1-4-14(12(17)6-10)25-8-15(22)19-18-7-9-5-11(20(23)24)2-3-13(9)21/h1-7,21H,8H2,(H,19,22)/p-1/b18-7-. The van der Waals surface area contributed by atoms with Crippen LogP contribution in [0.15, 0.2) is 41.5 Å². The molecule has 0 aromatic heterocycles. The van der Waals surface area contributed by atoms with Crippen LogP contribution in [0.5, 0.6) is 11.5 Å². The molecule has 2 aromatic rings. The molecule has 0 heterocycles. The van der Waals surface area contributed by atoms with Crippen molar-refractivity contribution >= 4 is 41.0 Å². The highest BCUT2D eigenvalue weighted by Gasteiger charge is 2.07. The highest BCUT2D eigenvalue weighted by molar-refractivity contribution is 6.35. The molecule has 25 heavy (non-hydrogen) atoms. The van der Waals surface area contributed by atoms with Crippen LogP contribution in [-0.4, -0.2) is 23.7 Å². The third-order valence-electron chi connectivity index (χ3n) is 2.85. The first-order valence-electron chi connectivity index (χ1n) is 6.72. The number of carbonyl (C=O) groups excluding carboxylic acids is 1. The number of halogens is 2. The Bertz CT molecular complexity index is 842. The number of nitro benzene ring substituents is 1. The minimum atomic E-state index is -0.640. The number of benzene rings is 2. The van der Waals surface area contributed by atoms with Crippen LogP contribution in [0.2, 0.25) is 10.0 Å². The van der Waals surface area contributed by atoms with Gasteiger partial charge in [0.05, 0.1) is 16.2 Å². The Morgan fingerprint density at radius 2 is 2.04 bits per heavy atom. The number of hydrogen-bond acceptors (Lipinski definition) is 6. The van der Waals surface area contributed by atoms with Gasteiger partial charge >= 0.3 is 0 Å². The van der Waals surface area contributed by atoms with Crippen molar-refractivity contribution in [3.8, 4) is 11.5 Å². The average molecular weight is 383 g/mol. The van der Waals surface area contributed by atoms with Gasteiger partial charge in [0.25, 0.3) is 11.6 Å². The number of rotatable bonds is 6. The number of non-ortho nitro benzene ring substituents is 1. The molecule has 0 radical (unpaired) electrons. The van der Waals surface area contributed by atoms with Crippen molar-refractivity contribution in [2.45, 2.75) is 0 Å². The third-order valence-corrected chi connectivity index (χ3v) is 3.38. The summed E-state index contributed by atoms with van der Waals surface area (Å²) in [5.41, 5.74) is 1.85. The van der Waals surface area contributed by atoms with Crippen molar-refractivity contribution in [3.63, 3.8) is 0 Å². The Balaban J connectivity index is 1.92. The number of carbonyl (C=O) groups is 1. The molecule has 2 aromatic carbocycles. The molecule has 0 fully saturated rings. The van der Waals surface area contributed by atoms with Gasteiger partial charge in [-0.05, 0) is 23.8 Å². The molecule has 0 aliphatic rings. The molecule has 0 spiro atoms. The van der Waals surface area contributed by atoms with E-state index < -0.39 is 16.6 Å². The molecule has 0 atom stereocenters. The molecule has 0 saturated carbocycles. The fourth-order valence-electron chi connectivity index (χ4n) is 1.69. The number of hydrazone groups is 1. The van der Waals surface area contributed by atoms with E-state index in [0.717, 1.165) is 24.4 Å². The van der Waals surface area contributed by atoms with E-state index in [9.17, 15) is 20.0 Å². The van der Waals surface area contributed by atoms with E-state index in [0.29, 0.717) is 5.02 Å². The topological polar surface area (TPSA) is 117 Å². The Kier molecular flexibility index (Phi) is 6.15. The molecule has 1 N–H and O–H groups in total. The number of nitro groups is 1. The van der Waals surface area contributed by atoms with Gasteiger partial charge in [-0.15, -0.1) is 0 Å². The SMILES string of the molecule is O=C(COc1ccc(Cl)cc1Cl)N/N=C\c1cc([N+](=O)[O-])ccc1[O-]. The molecular weight excluding hydrogens is 373 g/mol. The Hall–Kier alpha value is -2.84. The van der Waals surface area contributed by atoms with Gasteiger partial charge in [-0.1, -0.05) is 35.0 Å². The van der Waals surface area contributed by atoms with Crippen molar-refractivity contribution in [1.82, 2.24) is 5.43 Å². The first kappa shape index (κ1) is 18.5. The zero-order chi connectivity index (χ0) is 18.4. The molecule has 10 heteroatoms. The van der Waals surface area contributed by atoms with Gasteiger partial charge in [0.1, 0.15) is 5.75 Å². The highest BCUT2D eigenvalue weighted by atomic mass is 35.5. The molecule has 8 nitrogen and oxygen atoms in total. The molecular formula is C15H10Cl2N3O5-. The second kappa shape index (κ2) is 8.32. The quantitative estimate of drug-likeness (QED) is 0.467. The molecule has 0 aliphatic heterocycles. The van der Waals surface area contributed by atoms with Crippen LogP contribution >= 0.6 is 23.2 Å². The summed E-state index contributed by atoms with van der Waals surface area (Å²) in [5, 5.41) is 26.5. The van der Waals surface area contributed by atoms with Gasteiger partial charge in [0.15, 0.2) is 6.61 Å². The number of hydrogen-bond donors (Lipinski definition) is 1. The lowest BCUT2D eigenvalue weighted by Gasteiger charge is -2.09. The summed E-state index contributed by atoms with van der Waals surface area (Å²) in [6.45, 7) is -0.377. The highest BCUT2D eigenvalue weighted by Crippen LogP contribution is 2.27. The fraction of sp³-hybridized carbons (Fsp3) is 0.0667.